The Morgan fingerprint density at radius 3 is 2.40 bits per heavy atom. The maximum atomic E-state index is 12.0. The fourth-order valence-corrected chi connectivity index (χ4v) is 2.37. The Labute approximate surface area is 93.0 Å². The molecule has 0 unspecified atom stereocenters. The number of rotatable bonds is 4. The number of nitrogens with zero attached hydrogens (tertiary/aromatic N) is 1. The van der Waals surface area contributed by atoms with Gasteiger partial charge in [-0.3, -0.25) is 4.79 Å². The van der Waals surface area contributed by atoms with E-state index in [2.05, 4.69) is 6.92 Å². The van der Waals surface area contributed by atoms with E-state index < -0.39 is 0 Å². The molecule has 1 saturated carbocycles. The van der Waals surface area contributed by atoms with Gasteiger partial charge >= 0.3 is 0 Å². The minimum absolute atomic E-state index is 0.145. The highest BCUT2D eigenvalue weighted by atomic mass is 16.2. The molecule has 0 heterocycles. The molecule has 1 fully saturated rings. The first-order chi connectivity index (χ1) is 7.20. The van der Waals surface area contributed by atoms with Gasteiger partial charge in [0.15, 0.2) is 0 Å². The fraction of sp³-hybridized carbons (Fsp3) is 0.917. The minimum atomic E-state index is -0.299. The van der Waals surface area contributed by atoms with Gasteiger partial charge in [0, 0.05) is 12.6 Å². The molecule has 88 valence electrons. The van der Waals surface area contributed by atoms with Crippen LogP contribution in [0.5, 0.6) is 0 Å². The lowest BCUT2D eigenvalue weighted by molar-refractivity contribution is -0.135. The van der Waals surface area contributed by atoms with Gasteiger partial charge in [-0.05, 0) is 26.2 Å². The molecule has 1 rings (SSSR count). The van der Waals surface area contributed by atoms with Crippen LogP contribution in [-0.2, 0) is 4.79 Å². The first-order valence-corrected chi connectivity index (χ1v) is 6.26. The van der Waals surface area contributed by atoms with E-state index in [0.717, 1.165) is 25.8 Å². The van der Waals surface area contributed by atoms with Crippen molar-refractivity contribution in [2.75, 3.05) is 6.54 Å². The molecular weight excluding hydrogens is 188 g/mol. The minimum Gasteiger partial charge on any atom is -0.339 e. The van der Waals surface area contributed by atoms with Gasteiger partial charge in [-0.1, -0.05) is 26.2 Å². The van der Waals surface area contributed by atoms with E-state index in [4.69, 9.17) is 5.73 Å². The maximum Gasteiger partial charge on any atom is 0.239 e. The summed E-state index contributed by atoms with van der Waals surface area (Å²) in [4.78, 5) is 14.0. The Morgan fingerprint density at radius 1 is 1.33 bits per heavy atom. The molecule has 0 saturated heterocycles. The number of hydrogen-bond acceptors (Lipinski definition) is 2. The molecule has 0 bridgehead atoms. The maximum absolute atomic E-state index is 12.0. The molecule has 15 heavy (non-hydrogen) atoms. The molecule has 1 aliphatic carbocycles. The number of amides is 1. The van der Waals surface area contributed by atoms with Gasteiger partial charge in [0.25, 0.3) is 0 Å². The lowest BCUT2D eigenvalue weighted by atomic mass is 9.93. The molecule has 2 N–H and O–H groups in total. The van der Waals surface area contributed by atoms with Crippen molar-refractivity contribution < 1.29 is 4.79 Å². The van der Waals surface area contributed by atoms with Crippen LogP contribution < -0.4 is 5.73 Å². The summed E-state index contributed by atoms with van der Waals surface area (Å²) >= 11 is 0. The normalized spacial score (nSPS) is 19.9. The third-order valence-corrected chi connectivity index (χ3v) is 3.40. The Kier molecular flexibility index (Phi) is 5.09. The van der Waals surface area contributed by atoms with Crippen molar-refractivity contribution in [2.45, 2.75) is 64.5 Å². The van der Waals surface area contributed by atoms with E-state index in [1.165, 1.54) is 19.3 Å². The summed E-state index contributed by atoms with van der Waals surface area (Å²) in [6.07, 6.45) is 6.90. The predicted octanol–water partition coefficient (Wildman–Crippen LogP) is 1.90. The highest BCUT2D eigenvalue weighted by Gasteiger charge is 2.26. The lowest BCUT2D eigenvalue weighted by Gasteiger charge is -2.35. The molecule has 3 heteroatoms. The van der Waals surface area contributed by atoms with Gasteiger partial charge in [0.05, 0.1) is 6.04 Å². The third kappa shape index (κ3) is 3.20. The first-order valence-electron chi connectivity index (χ1n) is 6.26. The van der Waals surface area contributed by atoms with Gasteiger partial charge in [0.2, 0.25) is 5.91 Å². The Morgan fingerprint density at radius 2 is 1.93 bits per heavy atom. The van der Waals surface area contributed by atoms with Crippen LogP contribution >= 0.6 is 0 Å². The van der Waals surface area contributed by atoms with E-state index in [9.17, 15) is 4.79 Å². The zero-order valence-electron chi connectivity index (χ0n) is 10.0. The Balaban J connectivity index is 2.56. The number of nitrogens with two attached hydrogens (primary N) is 1. The summed E-state index contributed by atoms with van der Waals surface area (Å²) in [6.45, 7) is 4.82. The zero-order chi connectivity index (χ0) is 11.3. The third-order valence-electron chi connectivity index (χ3n) is 3.40. The molecule has 0 aromatic rings. The SMILES string of the molecule is CC[C@H](N)C(=O)N(CC)C1CCCCC1. The highest BCUT2D eigenvalue weighted by Crippen LogP contribution is 2.22. The fourth-order valence-electron chi connectivity index (χ4n) is 2.37. The molecule has 0 aliphatic heterocycles. The molecule has 1 atom stereocenters. The molecule has 1 aliphatic rings. The second kappa shape index (κ2) is 6.11. The summed E-state index contributed by atoms with van der Waals surface area (Å²) in [6, 6.07) is 0.153. The van der Waals surface area contributed by atoms with Crippen LogP contribution in [0.1, 0.15) is 52.4 Å². The van der Waals surface area contributed by atoms with Gasteiger partial charge in [-0.2, -0.15) is 0 Å². The summed E-state index contributed by atoms with van der Waals surface area (Å²) in [5.41, 5.74) is 5.81. The Hall–Kier alpha value is -0.570. The van der Waals surface area contributed by atoms with E-state index in [1.807, 2.05) is 11.8 Å². The quantitative estimate of drug-likeness (QED) is 0.773. The summed E-state index contributed by atoms with van der Waals surface area (Å²) < 4.78 is 0. The molecule has 0 aromatic heterocycles. The monoisotopic (exact) mass is 212 g/mol. The first kappa shape index (κ1) is 12.5. The zero-order valence-corrected chi connectivity index (χ0v) is 10.0. The van der Waals surface area contributed by atoms with Crippen molar-refractivity contribution >= 4 is 5.91 Å². The standard InChI is InChI=1S/C12H24N2O/c1-3-11(13)12(15)14(4-2)10-8-6-5-7-9-10/h10-11H,3-9,13H2,1-2H3/t11-/m0/s1. The summed E-state index contributed by atoms with van der Waals surface area (Å²) in [5, 5.41) is 0. The van der Waals surface area contributed by atoms with Crippen LogP contribution in [0.4, 0.5) is 0 Å². The molecule has 1 amide bonds. The van der Waals surface area contributed by atoms with E-state index in [1.54, 1.807) is 0 Å². The molecular formula is C12H24N2O. The predicted molar refractivity (Wildman–Crippen MR) is 62.5 cm³/mol. The largest absolute Gasteiger partial charge is 0.339 e. The molecule has 0 radical (unpaired) electrons. The molecule has 0 aromatic carbocycles. The summed E-state index contributed by atoms with van der Waals surface area (Å²) in [5.74, 6) is 0.145. The molecule has 3 nitrogen and oxygen atoms in total. The Bertz CT molecular complexity index is 200. The average molecular weight is 212 g/mol. The van der Waals surface area contributed by atoms with E-state index in [-0.39, 0.29) is 11.9 Å². The van der Waals surface area contributed by atoms with Crippen LogP contribution in [0.25, 0.3) is 0 Å². The van der Waals surface area contributed by atoms with Crippen LogP contribution in [-0.4, -0.2) is 29.4 Å². The smallest absolute Gasteiger partial charge is 0.239 e. The van der Waals surface area contributed by atoms with Crippen molar-refractivity contribution in [3.05, 3.63) is 0 Å². The topological polar surface area (TPSA) is 46.3 Å². The van der Waals surface area contributed by atoms with Crippen molar-refractivity contribution in [1.29, 1.82) is 0 Å². The van der Waals surface area contributed by atoms with Crippen LogP contribution in [0.2, 0.25) is 0 Å². The number of carbonyl (C=O) groups excluding carboxylic acids is 1. The second-order valence-corrected chi connectivity index (χ2v) is 4.43. The number of carbonyl (C=O) groups is 1. The molecule has 0 spiro atoms. The van der Waals surface area contributed by atoms with Crippen LogP contribution in [0.15, 0.2) is 0 Å². The van der Waals surface area contributed by atoms with Crippen molar-refractivity contribution in [2.24, 2.45) is 5.73 Å². The van der Waals surface area contributed by atoms with E-state index >= 15 is 0 Å². The van der Waals surface area contributed by atoms with Crippen LogP contribution in [0.3, 0.4) is 0 Å². The second-order valence-electron chi connectivity index (χ2n) is 4.43. The van der Waals surface area contributed by atoms with Crippen LogP contribution in [0, 0.1) is 0 Å². The number of hydrogen-bond donors (Lipinski definition) is 1. The van der Waals surface area contributed by atoms with Gasteiger partial charge in [-0.15, -0.1) is 0 Å². The average Bonchev–Trinajstić information content (AvgIpc) is 2.30. The van der Waals surface area contributed by atoms with Gasteiger partial charge in [-0.25, -0.2) is 0 Å². The van der Waals surface area contributed by atoms with E-state index in [0.29, 0.717) is 6.04 Å². The van der Waals surface area contributed by atoms with Crippen molar-refractivity contribution in [3.8, 4) is 0 Å². The highest BCUT2D eigenvalue weighted by molar-refractivity contribution is 5.81. The number of likely N-dealkylation sites (N-methyl/N-ethyl adjacent to an activating group) is 1. The van der Waals surface area contributed by atoms with Gasteiger partial charge in [0.1, 0.15) is 0 Å². The van der Waals surface area contributed by atoms with Crippen molar-refractivity contribution in [3.63, 3.8) is 0 Å². The lowest BCUT2D eigenvalue weighted by Crippen LogP contribution is -2.48. The van der Waals surface area contributed by atoms with Crippen molar-refractivity contribution in [1.82, 2.24) is 4.90 Å². The summed E-state index contributed by atoms with van der Waals surface area (Å²) in [7, 11) is 0. The van der Waals surface area contributed by atoms with Gasteiger partial charge < -0.3 is 10.6 Å².